The Kier molecular flexibility index (Phi) is 18.2. The Hall–Kier alpha value is -2.28. The molecule has 0 unspecified atom stereocenters. The zero-order valence-electron chi connectivity index (χ0n) is 24.6. The third kappa shape index (κ3) is 14.0. The second-order valence-corrected chi connectivity index (χ2v) is 9.65. The van der Waals surface area contributed by atoms with Crippen LogP contribution in [0.25, 0.3) is 0 Å². The van der Waals surface area contributed by atoms with Crippen molar-refractivity contribution in [2.75, 3.05) is 99.1 Å². The predicted molar refractivity (Wildman–Crippen MR) is 155 cm³/mol. The fraction of sp³-hybridized carbons (Fsp3) is 0.613. The number of benzene rings is 2. The highest BCUT2D eigenvalue weighted by Gasteiger charge is 2.24. The number of ether oxygens (including phenoxy) is 7. The van der Waals surface area contributed by atoms with E-state index in [0.717, 1.165) is 28.2 Å². The van der Waals surface area contributed by atoms with Crippen LogP contribution in [-0.4, -0.2) is 114 Å². The minimum absolute atomic E-state index is 0.0106. The molecule has 0 radical (unpaired) electrons. The molecule has 0 atom stereocenters. The maximum absolute atomic E-state index is 9.65. The molecule has 2 aromatic rings. The van der Waals surface area contributed by atoms with Gasteiger partial charge >= 0.3 is 0 Å². The maximum atomic E-state index is 9.65. The first kappa shape index (κ1) is 34.9. The molecule has 0 aliphatic heterocycles. The molecule has 3 N–H and O–H groups in total. The van der Waals surface area contributed by atoms with Crippen LogP contribution in [0.1, 0.15) is 30.5 Å². The Labute approximate surface area is 244 Å². The molecule has 0 fully saturated rings. The lowest BCUT2D eigenvalue weighted by atomic mass is 9.77. The zero-order chi connectivity index (χ0) is 29.6. The van der Waals surface area contributed by atoms with E-state index in [1.165, 1.54) is 0 Å². The predicted octanol–water partition coefficient (Wildman–Crippen LogP) is 2.37. The minimum atomic E-state index is -0.273. The van der Waals surface area contributed by atoms with Gasteiger partial charge in [0.1, 0.15) is 24.7 Å². The Balaban J connectivity index is 1.80. The summed E-state index contributed by atoms with van der Waals surface area (Å²) in [5.41, 5.74) is 2.94. The summed E-state index contributed by atoms with van der Waals surface area (Å²) in [6.45, 7) is 9.50. The first-order valence-corrected chi connectivity index (χ1v) is 14.2. The van der Waals surface area contributed by atoms with Crippen molar-refractivity contribution in [1.29, 1.82) is 0 Å². The Bertz CT molecular complexity index is 920. The van der Waals surface area contributed by atoms with Crippen LogP contribution in [0.2, 0.25) is 0 Å². The van der Waals surface area contributed by atoms with Crippen LogP contribution >= 0.6 is 0 Å². The normalized spacial score (nSPS) is 11.6. The standard InChI is InChI=1S/C31H48O10/c1-31(2,27-3-6-29(7-4-27)40-23-21-38-18-16-36-14-12-34)28-5-8-30(26(25-28)9-10-32)41-24-22-39-20-19-37-17-15-35-13-11-33/h3-8,25,32-34H,9-24H2,1-2H3. The van der Waals surface area contributed by atoms with Crippen LogP contribution in [0.3, 0.4) is 0 Å². The van der Waals surface area contributed by atoms with Crippen molar-refractivity contribution in [2.45, 2.75) is 25.7 Å². The average Bonchev–Trinajstić information content (AvgIpc) is 2.98. The van der Waals surface area contributed by atoms with E-state index in [1.807, 2.05) is 18.2 Å². The zero-order valence-corrected chi connectivity index (χ0v) is 24.6. The molecule has 232 valence electrons. The van der Waals surface area contributed by atoms with Crippen molar-refractivity contribution in [2.24, 2.45) is 0 Å². The largest absolute Gasteiger partial charge is 0.491 e. The van der Waals surface area contributed by atoms with Crippen LogP contribution < -0.4 is 9.47 Å². The second kappa shape index (κ2) is 21.4. The van der Waals surface area contributed by atoms with Gasteiger partial charge in [-0.3, -0.25) is 0 Å². The molecule has 0 saturated carbocycles. The van der Waals surface area contributed by atoms with Crippen LogP contribution in [-0.2, 0) is 35.5 Å². The van der Waals surface area contributed by atoms with E-state index in [4.69, 9.17) is 43.4 Å². The second-order valence-electron chi connectivity index (χ2n) is 9.65. The summed E-state index contributed by atoms with van der Waals surface area (Å²) in [5.74, 6) is 1.51. The third-order valence-corrected chi connectivity index (χ3v) is 6.31. The average molecular weight is 581 g/mol. The summed E-state index contributed by atoms with van der Waals surface area (Å²) in [5, 5.41) is 27.0. The van der Waals surface area contributed by atoms with Crippen LogP contribution in [0, 0.1) is 0 Å². The molecule has 10 nitrogen and oxygen atoms in total. The lowest BCUT2D eigenvalue weighted by Crippen LogP contribution is -2.19. The molecule has 41 heavy (non-hydrogen) atoms. The molecule has 0 saturated heterocycles. The molecule has 0 aromatic heterocycles. The number of hydrogen-bond donors (Lipinski definition) is 3. The summed E-state index contributed by atoms with van der Waals surface area (Å²) < 4.78 is 38.5. The number of hydrogen-bond acceptors (Lipinski definition) is 10. The molecule has 0 spiro atoms. The summed E-state index contributed by atoms with van der Waals surface area (Å²) in [6.07, 6.45) is 0.495. The molecule has 2 rings (SSSR count). The monoisotopic (exact) mass is 580 g/mol. The first-order chi connectivity index (χ1) is 20.0. The van der Waals surface area contributed by atoms with E-state index in [9.17, 15) is 5.11 Å². The SMILES string of the molecule is CC(C)(c1ccc(OCCOCCOCCO)cc1)c1ccc(OCCOCCOCCOCCO)c(CCO)c1. The molecule has 0 aliphatic carbocycles. The molecule has 2 aromatic carbocycles. The lowest BCUT2D eigenvalue weighted by molar-refractivity contribution is 0.00356. The molecule has 0 bridgehead atoms. The number of rotatable bonds is 25. The maximum Gasteiger partial charge on any atom is 0.122 e. The minimum Gasteiger partial charge on any atom is -0.491 e. The van der Waals surface area contributed by atoms with Gasteiger partial charge in [-0.2, -0.15) is 0 Å². The Morgan fingerprint density at radius 1 is 0.512 bits per heavy atom. The van der Waals surface area contributed by atoms with E-state index in [0.29, 0.717) is 85.7 Å². The van der Waals surface area contributed by atoms with Gasteiger partial charge in [0.15, 0.2) is 0 Å². The van der Waals surface area contributed by atoms with Crippen LogP contribution in [0.5, 0.6) is 11.5 Å². The van der Waals surface area contributed by atoms with Gasteiger partial charge in [0, 0.05) is 12.0 Å². The van der Waals surface area contributed by atoms with Gasteiger partial charge in [-0.1, -0.05) is 38.1 Å². The highest BCUT2D eigenvalue weighted by molar-refractivity contribution is 5.45. The fourth-order valence-electron chi connectivity index (χ4n) is 3.98. The van der Waals surface area contributed by atoms with Gasteiger partial charge in [-0.15, -0.1) is 0 Å². The number of aliphatic hydroxyl groups is 3. The van der Waals surface area contributed by atoms with E-state index in [1.54, 1.807) is 0 Å². The molecular weight excluding hydrogens is 532 g/mol. The van der Waals surface area contributed by atoms with Gasteiger partial charge < -0.3 is 48.5 Å². The summed E-state index contributed by atoms with van der Waals surface area (Å²) in [4.78, 5) is 0. The van der Waals surface area contributed by atoms with Crippen LogP contribution in [0.4, 0.5) is 0 Å². The highest BCUT2D eigenvalue weighted by Crippen LogP contribution is 2.35. The van der Waals surface area contributed by atoms with Crippen molar-refractivity contribution < 1.29 is 48.5 Å². The molecule has 0 aliphatic rings. The van der Waals surface area contributed by atoms with Gasteiger partial charge in [0.05, 0.1) is 79.3 Å². The van der Waals surface area contributed by atoms with E-state index in [2.05, 4.69) is 38.1 Å². The Morgan fingerprint density at radius 2 is 0.976 bits per heavy atom. The van der Waals surface area contributed by atoms with E-state index in [-0.39, 0.29) is 25.2 Å². The quantitative estimate of drug-likeness (QED) is 0.151. The van der Waals surface area contributed by atoms with Crippen molar-refractivity contribution in [3.8, 4) is 11.5 Å². The fourth-order valence-corrected chi connectivity index (χ4v) is 3.98. The van der Waals surface area contributed by atoms with Crippen molar-refractivity contribution >= 4 is 0 Å². The van der Waals surface area contributed by atoms with Crippen molar-refractivity contribution in [3.63, 3.8) is 0 Å². The Morgan fingerprint density at radius 3 is 1.49 bits per heavy atom. The van der Waals surface area contributed by atoms with Gasteiger partial charge in [-0.25, -0.2) is 0 Å². The van der Waals surface area contributed by atoms with Gasteiger partial charge in [0.25, 0.3) is 0 Å². The van der Waals surface area contributed by atoms with Gasteiger partial charge in [0.2, 0.25) is 0 Å². The lowest BCUT2D eigenvalue weighted by Gasteiger charge is -2.27. The highest BCUT2D eigenvalue weighted by atomic mass is 16.6. The summed E-state index contributed by atoms with van der Waals surface area (Å²) >= 11 is 0. The molecular formula is C31H48O10. The topological polar surface area (TPSA) is 125 Å². The molecule has 0 heterocycles. The molecule has 0 amide bonds. The van der Waals surface area contributed by atoms with Crippen molar-refractivity contribution in [3.05, 3.63) is 59.2 Å². The van der Waals surface area contributed by atoms with Crippen LogP contribution in [0.15, 0.2) is 42.5 Å². The van der Waals surface area contributed by atoms with E-state index >= 15 is 0 Å². The molecule has 10 heteroatoms. The summed E-state index contributed by atoms with van der Waals surface area (Å²) in [7, 11) is 0. The van der Waals surface area contributed by atoms with Gasteiger partial charge in [-0.05, 0) is 41.3 Å². The summed E-state index contributed by atoms with van der Waals surface area (Å²) in [6, 6.07) is 14.2. The number of aliphatic hydroxyl groups excluding tert-OH is 3. The smallest absolute Gasteiger partial charge is 0.122 e. The third-order valence-electron chi connectivity index (χ3n) is 6.31. The first-order valence-electron chi connectivity index (χ1n) is 14.2. The van der Waals surface area contributed by atoms with Crippen molar-refractivity contribution in [1.82, 2.24) is 0 Å². The van der Waals surface area contributed by atoms with E-state index < -0.39 is 0 Å².